The van der Waals surface area contributed by atoms with Crippen molar-refractivity contribution in [2.45, 2.75) is 44.9 Å². The molecule has 1 aromatic heterocycles. The molecule has 1 aliphatic heterocycles. The van der Waals surface area contributed by atoms with E-state index in [1.807, 2.05) is 6.08 Å². The Hall–Kier alpha value is -1.62. The largest absolute Gasteiger partial charge is 0.351 e. The molecule has 1 fully saturated rings. The summed E-state index contributed by atoms with van der Waals surface area (Å²) in [5.74, 6) is 0.333. The van der Waals surface area contributed by atoms with E-state index in [2.05, 4.69) is 25.4 Å². The summed E-state index contributed by atoms with van der Waals surface area (Å²) in [6.07, 6.45) is 5.43. The predicted molar refractivity (Wildman–Crippen MR) is 73.1 cm³/mol. The first-order valence-electron chi connectivity index (χ1n) is 6.62. The zero-order valence-corrected chi connectivity index (χ0v) is 11.4. The summed E-state index contributed by atoms with van der Waals surface area (Å²) in [6, 6.07) is 1.34. The maximum atomic E-state index is 11.8. The zero-order valence-electron chi connectivity index (χ0n) is 11.4. The SMILES string of the molecule is C=CCC1(CC)O[C@@H](n2ccc(=O)[nH]c2=O)C[C@@H]1C. The third-order valence-electron chi connectivity index (χ3n) is 4.07. The molecule has 2 heterocycles. The second-order valence-electron chi connectivity index (χ2n) is 5.14. The van der Waals surface area contributed by atoms with Crippen molar-refractivity contribution >= 4 is 0 Å². The van der Waals surface area contributed by atoms with E-state index in [4.69, 9.17) is 4.74 Å². The quantitative estimate of drug-likeness (QED) is 0.844. The Morgan fingerprint density at radius 3 is 2.95 bits per heavy atom. The van der Waals surface area contributed by atoms with Crippen LogP contribution >= 0.6 is 0 Å². The van der Waals surface area contributed by atoms with Gasteiger partial charge in [0.1, 0.15) is 6.23 Å². The van der Waals surface area contributed by atoms with Crippen LogP contribution in [0.2, 0.25) is 0 Å². The molecular formula is C14H20N2O3. The molecule has 0 spiro atoms. The standard InChI is InChI=1S/C14H20N2O3/c1-4-7-14(5-2)10(3)9-12(19-14)16-8-6-11(17)15-13(16)18/h4,6,8,10,12H,1,5,7,9H2,2-3H3,(H,15,17,18)/t10-,12+,14?/m0/s1. The maximum Gasteiger partial charge on any atom is 0.330 e. The van der Waals surface area contributed by atoms with Gasteiger partial charge in [-0.1, -0.05) is 19.9 Å². The smallest absolute Gasteiger partial charge is 0.330 e. The third-order valence-corrected chi connectivity index (χ3v) is 4.07. The van der Waals surface area contributed by atoms with Gasteiger partial charge in [0, 0.05) is 12.3 Å². The Morgan fingerprint density at radius 1 is 1.63 bits per heavy atom. The first-order valence-corrected chi connectivity index (χ1v) is 6.62. The first kappa shape index (κ1) is 13.8. The molecule has 1 N–H and O–H groups in total. The van der Waals surface area contributed by atoms with Crippen molar-refractivity contribution in [1.29, 1.82) is 0 Å². The highest BCUT2D eigenvalue weighted by molar-refractivity contribution is 4.97. The van der Waals surface area contributed by atoms with Crippen molar-refractivity contribution in [2.24, 2.45) is 5.92 Å². The highest BCUT2D eigenvalue weighted by Gasteiger charge is 2.44. The van der Waals surface area contributed by atoms with E-state index in [0.717, 1.165) is 19.3 Å². The van der Waals surface area contributed by atoms with Crippen LogP contribution < -0.4 is 11.2 Å². The maximum absolute atomic E-state index is 11.8. The molecule has 0 amide bonds. The number of ether oxygens (including phenoxy) is 1. The summed E-state index contributed by atoms with van der Waals surface area (Å²) in [4.78, 5) is 25.1. The minimum Gasteiger partial charge on any atom is -0.351 e. The summed E-state index contributed by atoms with van der Waals surface area (Å²) < 4.78 is 7.58. The van der Waals surface area contributed by atoms with Crippen LogP contribution in [-0.2, 0) is 4.74 Å². The van der Waals surface area contributed by atoms with Gasteiger partial charge >= 0.3 is 5.69 Å². The van der Waals surface area contributed by atoms with Crippen LogP contribution in [0.3, 0.4) is 0 Å². The third kappa shape index (κ3) is 2.42. The van der Waals surface area contributed by atoms with Gasteiger partial charge in [-0.2, -0.15) is 0 Å². The number of nitrogens with one attached hydrogen (secondary N) is 1. The minimum absolute atomic E-state index is 0.262. The fourth-order valence-electron chi connectivity index (χ4n) is 2.85. The van der Waals surface area contributed by atoms with Crippen LogP contribution in [-0.4, -0.2) is 15.2 Å². The predicted octanol–water partition coefficient (Wildman–Crippen LogP) is 1.82. The number of hydrogen-bond acceptors (Lipinski definition) is 3. The molecular weight excluding hydrogens is 244 g/mol. The van der Waals surface area contributed by atoms with Crippen molar-refractivity contribution in [3.8, 4) is 0 Å². The second-order valence-corrected chi connectivity index (χ2v) is 5.14. The Bertz CT molecular complexity index is 575. The number of hydrogen-bond donors (Lipinski definition) is 1. The van der Waals surface area contributed by atoms with Crippen molar-refractivity contribution in [2.75, 3.05) is 0 Å². The lowest BCUT2D eigenvalue weighted by molar-refractivity contribution is -0.0849. The van der Waals surface area contributed by atoms with E-state index >= 15 is 0 Å². The molecule has 1 unspecified atom stereocenters. The van der Waals surface area contributed by atoms with Crippen LogP contribution in [0, 0.1) is 5.92 Å². The Labute approximate surface area is 111 Å². The van der Waals surface area contributed by atoms with Gasteiger partial charge in [-0.15, -0.1) is 6.58 Å². The summed E-state index contributed by atoms with van der Waals surface area (Å²) in [5.41, 5.74) is -1.07. The lowest BCUT2D eigenvalue weighted by Crippen LogP contribution is -2.35. The van der Waals surface area contributed by atoms with E-state index < -0.39 is 5.69 Å². The molecule has 1 saturated heterocycles. The van der Waals surface area contributed by atoms with Crippen LogP contribution in [0.25, 0.3) is 0 Å². The molecule has 0 bridgehead atoms. The van der Waals surface area contributed by atoms with Crippen molar-refractivity contribution < 1.29 is 4.74 Å². The molecule has 2 rings (SSSR count). The molecule has 0 aliphatic carbocycles. The van der Waals surface area contributed by atoms with Crippen LogP contribution in [0.1, 0.15) is 39.3 Å². The van der Waals surface area contributed by atoms with E-state index in [9.17, 15) is 9.59 Å². The van der Waals surface area contributed by atoms with Gasteiger partial charge in [0.25, 0.3) is 5.56 Å². The number of aromatic nitrogens is 2. The number of nitrogens with zero attached hydrogens (tertiary/aromatic N) is 1. The Kier molecular flexibility index (Phi) is 3.75. The van der Waals surface area contributed by atoms with Gasteiger partial charge in [0.15, 0.2) is 0 Å². The molecule has 5 heteroatoms. The summed E-state index contributed by atoms with van der Waals surface area (Å²) >= 11 is 0. The van der Waals surface area contributed by atoms with Crippen molar-refractivity contribution in [3.63, 3.8) is 0 Å². The van der Waals surface area contributed by atoms with Crippen LogP contribution in [0.5, 0.6) is 0 Å². The molecule has 19 heavy (non-hydrogen) atoms. The lowest BCUT2D eigenvalue weighted by atomic mass is 9.83. The normalized spacial score (nSPS) is 30.4. The summed E-state index contributed by atoms with van der Waals surface area (Å²) in [6.45, 7) is 7.99. The molecule has 3 atom stereocenters. The van der Waals surface area contributed by atoms with Crippen molar-refractivity contribution in [3.05, 3.63) is 45.8 Å². The average molecular weight is 264 g/mol. The minimum atomic E-state index is -0.421. The molecule has 0 aromatic carbocycles. The molecule has 0 radical (unpaired) electrons. The topological polar surface area (TPSA) is 64.1 Å². The molecule has 5 nitrogen and oxygen atoms in total. The number of aromatic amines is 1. The van der Waals surface area contributed by atoms with E-state index in [-0.39, 0.29) is 17.4 Å². The Balaban J connectivity index is 2.32. The number of rotatable bonds is 4. The van der Waals surface area contributed by atoms with Gasteiger partial charge in [-0.25, -0.2) is 4.79 Å². The summed E-state index contributed by atoms with van der Waals surface area (Å²) in [7, 11) is 0. The molecule has 0 saturated carbocycles. The lowest BCUT2D eigenvalue weighted by Gasteiger charge is -2.31. The fourth-order valence-corrected chi connectivity index (χ4v) is 2.85. The highest BCUT2D eigenvalue weighted by Crippen LogP contribution is 2.44. The van der Waals surface area contributed by atoms with E-state index in [0.29, 0.717) is 5.92 Å². The van der Waals surface area contributed by atoms with Crippen LogP contribution in [0.4, 0.5) is 0 Å². The van der Waals surface area contributed by atoms with Gasteiger partial charge in [-0.05, 0) is 25.2 Å². The highest BCUT2D eigenvalue weighted by atomic mass is 16.5. The van der Waals surface area contributed by atoms with Gasteiger partial charge in [0.2, 0.25) is 0 Å². The molecule has 104 valence electrons. The van der Waals surface area contributed by atoms with Gasteiger partial charge in [0.05, 0.1) is 5.60 Å². The van der Waals surface area contributed by atoms with Gasteiger partial charge in [-0.3, -0.25) is 14.3 Å². The van der Waals surface area contributed by atoms with Gasteiger partial charge < -0.3 is 4.74 Å². The number of H-pyrrole nitrogens is 1. The van der Waals surface area contributed by atoms with E-state index in [1.54, 1.807) is 0 Å². The zero-order chi connectivity index (χ0) is 14.0. The second kappa shape index (κ2) is 5.17. The van der Waals surface area contributed by atoms with E-state index in [1.165, 1.54) is 16.8 Å². The monoisotopic (exact) mass is 264 g/mol. The first-order chi connectivity index (χ1) is 9.02. The summed E-state index contributed by atoms with van der Waals surface area (Å²) in [5, 5.41) is 0. The van der Waals surface area contributed by atoms with Crippen molar-refractivity contribution in [1.82, 2.24) is 9.55 Å². The van der Waals surface area contributed by atoms with Crippen LogP contribution in [0.15, 0.2) is 34.5 Å². The molecule has 1 aliphatic rings. The Morgan fingerprint density at radius 2 is 2.37 bits per heavy atom. The average Bonchev–Trinajstić information content (AvgIpc) is 2.67. The molecule has 1 aromatic rings. The fraction of sp³-hybridized carbons (Fsp3) is 0.571.